The molecule has 0 amide bonds. The molecule has 5 nitrogen and oxygen atoms in total. The van der Waals surface area contributed by atoms with Crippen LogP contribution in [-0.4, -0.2) is 51.8 Å². The molecule has 5 heteroatoms. The van der Waals surface area contributed by atoms with Gasteiger partial charge in [-0.2, -0.15) is 0 Å². The predicted octanol–water partition coefficient (Wildman–Crippen LogP) is 2.86. The third kappa shape index (κ3) is 4.20. The number of carbonyl (C=O) groups excluding carboxylic acids is 1. The van der Waals surface area contributed by atoms with E-state index in [1.165, 1.54) is 12.5 Å². The van der Waals surface area contributed by atoms with Gasteiger partial charge in [0.15, 0.2) is 0 Å². The Bertz CT molecular complexity index is 547. The number of methoxy groups -OCH3 is 2. The van der Waals surface area contributed by atoms with E-state index in [9.17, 15) is 4.79 Å². The third-order valence-corrected chi connectivity index (χ3v) is 4.87. The number of rotatable bonds is 6. The van der Waals surface area contributed by atoms with E-state index in [0.29, 0.717) is 12.5 Å². The Morgan fingerprint density at radius 3 is 2.38 bits per heavy atom. The molecule has 1 aliphatic rings. The highest BCUT2D eigenvalue weighted by molar-refractivity contribution is 5.65. The van der Waals surface area contributed by atoms with E-state index >= 15 is 0 Å². The lowest BCUT2D eigenvalue weighted by Crippen LogP contribution is -2.38. The lowest BCUT2D eigenvalue weighted by molar-refractivity contribution is -0.143. The first-order valence-electron chi connectivity index (χ1n) is 8.56. The summed E-state index contributed by atoms with van der Waals surface area (Å²) in [5, 5.41) is 0. The van der Waals surface area contributed by atoms with Crippen molar-refractivity contribution in [2.24, 2.45) is 5.92 Å². The summed E-state index contributed by atoms with van der Waals surface area (Å²) in [5.74, 6) is 2.12. The van der Waals surface area contributed by atoms with E-state index in [1.807, 2.05) is 0 Å². The molecule has 1 saturated heterocycles. The van der Waals surface area contributed by atoms with Crippen molar-refractivity contribution in [2.45, 2.75) is 32.6 Å². The third-order valence-electron chi connectivity index (χ3n) is 4.87. The molecule has 1 aromatic rings. The van der Waals surface area contributed by atoms with Gasteiger partial charge in [0.25, 0.3) is 0 Å². The number of likely N-dealkylation sites (tertiary alicyclic amines) is 1. The van der Waals surface area contributed by atoms with Gasteiger partial charge < -0.3 is 19.1 Å². The molecule has 1 heterocycles. The predicted molar refractivity (Wildman–Crippen MR) is 93.9 cm³/mol. The summed E-state index contributed by atoms with van der Waals surface area (Å²) in [4.78, 5) is 13.5. The van der Waals surface area contributed by atoms with Gasteiger partial charge in [-0.25, -0.2) is 0 Å². The monoisotopic (exact) mass is 335 g/mol. The minimum atomic E-state index is -0.218. The Balaban J connectivity index is 2.35. The number of nitrogens with zero attached hydrogens (tertiary/aromatic N) is 1. The Kier molecular flexibility index (Phi) is 6.49. The number of hydrogen-bond donors (Lipinski definition) is 0. The maximum absolute atomic E-state index is 11.2. The maximum atomic E-state index is 11.2. The number of ether oxygens (including phenoxy) is 3. The zero-order valence-electron chi connectivity index (χ0n) is 15.4. The van der Waals surface area contributed by atoms with E-state index in [1.54, 1.807) is 14.2 Å². The summed E-state index contributed by atoms with van der Waals surface area (Å²) in [7, 11) is 5.52. The molecule has 1 aliphatic heterocycles. The number of hydrogen-bond acceptors (Lipinski definition) is 5. The molecule has 0 aromatic heterocycles. The number of esters is 1. The molecule has 0 unspecified atom stereocenters. The summed E-state index contributed by atoms with van der Waals surface area (Å²) in [6.07, 6.45) is 1.86. The summed E-state index contributed by atoms with van der Waals surface area (Å²) in [6, 6.07) is 4.23. The zero-order valence-corrected chi connectivity index (χ0v) is 15.4. The van der Waals surface area contributed by atoms with Gasteiger partial charge in [-0.1, -0.05) is 6.92 Å². The highest BCUT2D eigenvalue weighted by Gasteiger charge is 2.31. The van der Waals surface area contributed by atoms with Crippen LogP contribution in [0.1, 0.15) is 37.3 Å². The molecule has 2 rings (SSSR count). The summed E-state index contributed by atoms with van der Waals surface area (Å²) in [5.41, 5.74) is 2.27. The lowest BCUT2D eigenvalue weighted by atomic mass is 9.80. The van der Waals surface area contributed by atoms with Crippen molar-refractivity contribution in [3.8, 4) is 11.5 Å². The van der Waals surface area contributed by atoms with Crippen molar-refractivity contribution in [2.75, 3.05) is 41.0 Å². The smallest absolute Gasteiger partial charge is 0.302 e. The van der Waals surface area contributed by atoms with Crippen molar-refractivity contribution in [3.05, 3.63) is 23.3 Å². The Morgan fingerprint density at radius 2 is 1.88 bits per heavy atom. The number of carbonyl (C=O) groups is 1. The lowest BCUT2D eigenvalue weighted by Gasteiger charge is -2.37. The van der Waals surface area contributed by atoms with Crippen molar-refractivity contribution in [1.82, 2.24) is 4.90 Å². The molecule has 2 atom stereocenters. The van der Waals surface area contributed by atoms with Crippen LogP contribution < -0.4 is 9.47 Å². The fraction of sp³-hybridized carbons (Fsp3) is 0.632. The largest absolute Gasteiger partial charge is 0.496 e. The summed E-state index contributed by atoms with van der Waals surface area (Å²) in [6.45, 7) is 5.98. The quantitative estimate of drug-likeness (QED) is 0.748. The Hall–Kier alpha value is -1.75. The zero-order chi connectivity index (χ0) is 17.7. The first-order valence-corrected chi connectivity index (χ1v) is 8.56. The van der Waals surface area contributed by atoms with Gasteiger partial charge in [-0.05, 0) is 44.1 Å². The molecule has 1 fully saturated rings. The van der Waals surface area contributed by atoms with Crippen molar-refractivity contribution >= 4 is 5.97 Å². The van der Waals surface area contributed by atoms with Crippen LogP contribution in [0.4, 0.5) is 0 Å². The molecule has 24 heavy (non-hydrogen) atoms. The fourth-order valence-corrected chi connectivity index (χ4v) is 3.53. The van der Waals surface area contributed by atoms with Crippen molar-refractivity contribution < 1.29 is 19.0 Å². The van der Waals surface area contributed by atoms with E-state index in [2.05, 4.69) is 31.0 Å². The molecule has 0 aliphatic carbocycles. The van der Waals surface area contributed by atoms with Crippen LogP contribution in [0.25, 0.3) is 0 Å². The molecule has 0 spiro atoms. The maximum Gasteiger partial charge on any atom is 0.302 e. The fourth-order valence-electron chi connectivity index (χ4n) is 3.53. The van der Waals surface area contributed by atoms with Crippen LogP contribution in [-0.2, 0) is 16.0 Å². The molecule has 0 N–H and O–H groups in total. The minimum absolute atomic E-state index is 0.218. The van der Waals surface area contributed by atoms with E-state index in [0.717, 1.165) is 43.0 Å². The molecule has 1 aromatic carbocycles. The topological polar surface area (TPSA) is 48.0 Å². The highest BCUT2D eigenvalue weighted by Crippen LogP contribution is 2.39. The molecule has 0 bridgehead atoms. The van der Waals surface area contributed by atoms with E-state index in [-0.39, 0.29) is 11.9 Å². The van der Waals surface area contributed by atoms with Crippen LogP contribution in [0.15, 0.2) is 12.1 Å². The van der Waals surface area contributed by atoms with Gasteiger partial charge in [0, 0.05) is 30.9 Å². The molecule has 134 valence electrons. The number of piperidine rings is 1. The van der Waals surface area contributed by atoms with Crippen LogP contribution >= 0.6 is 0 Å². The standard InChI is InChI=1S/C19H29NO4/c1-6-16-18(22-4)9-15(10-19(16)23-5)17-11-20(3)8-7-14(17)12-24-13(2)21/h9-10,14,17H,6-8,11-12H2,1-5H3/t14-,17-/m1/s1. The first kappa shape index (κ1) is 18.6. The normalized spacial score (nSPS) is 21.4. The van der Waals surface area contributed by atoms with Crippen LogP contribution in [0.5, 0.6) is 11.5 Å². The Labute approximate surface area is 144 Å². The van der Waals surface area contributed by atoms with Crippen LogP contribution in [0, 0.1) is 5.92 Å². The van der Waals surface area contributed by atoms with Crippen molar-refractivity contribution in [3.63, 3.8) is 0 Å². The van der Waals surface area contributed by atoms with Crippen LogP contribution in [0.2, 0.25) is 0 Å². The molecule has 0 radical (unpaired) electrons. The molecular formula is C19H29NO4. The summed E-state index contributed by atoms with van der Waals surface area (Å²) >= 11 is 0. The second-order valence-electron chi connectivity index (χ2n) is 6.48. The average molecular weight is 335 g/mol. The van der Waals surface area contributed by atoms with Gasteiger partial charge >= 0.3 is 5.97 Å². The van der Waals surface area contributed by atoms with Gasteiger partial charge in [0.2, 0.25) is 0 Å². The SMILES string of the molecule is CCc1c(OC)cc([C@@H]2CN(C)CC[C@@H]2COC(C)=O)cc1OC. The van der Waals surface area contributed by atoms with Gasteiger partial charge in [-0.15, -0.1) is 0 Å². The van der Waals surface area contributed by atoms with Gasteiger partial charge in [-0.3, -0.25) is 4.79 Å². The van der Waals surface area contributed by atoms with E-state index in [4.69, 9.17) is 14.2 Å². The second kappa shape index (κ2) is 8.38. The van der Waals surface area contributed by atoms with Gasteiger partial charge in [0.1, 0.15) is 11.5 Å². The van der Waals surface area contributed by atoms with Gasteiger partial charge in [0.05, 0.1) is 20.8 Å². The Morgan fingerprint density at radius 1 is 1.25 bits per heavy atom. The van der Waals surface area contributed by atoms with Crippen molar-refractivity contribution in [1.29, 1.82) is 0 Å². The average Bonchev–Trinajstić information content (AvgIpc) is 2.58. The second-order valence-corrected chi connectivity index (χ2v) is 6.48. The molecular weight excluding hydrogens is 306 g/mol. The summed E-state index contributed by atoms with van der Waals surface area (Å²) < 4.78 is 16.5. The van der Waals surface area contributed by atoms with E-state index < -0.39 is 0 Å². The first-order chi connectivity index (χ1) is 11.5. The molecule has 0 saturated carbocycles. The number of likely N-dealkylation sites (N-methyl/N-ethyl adjacent to an activating group) is 1. The number of benzene rings is 1. The van der Waals surface area contributed by atoms with Crippen LogP contribution in [0.3, 0.4) is 0 Å². The minimum Gasteiger partial charge on any atom is -0.496 e. The highest BCUT2D eigenvalue weighted by atomic mass is 16.5.